The van der Waals surface area contributed by atoms with Crippen molar-refractivity contribution in [3.63, 3.8) is 0 Å². The summed E-state index contributed by atoms with van der Waals surface area (Å²) < 4.78 is 5.16. The van der Waals surface area contributed by atoms with Gasteiger partial charge in [0.25, 0.3) is 5.91 Å². The van der Waals surface area contributed by atoms with E-state index in [1.54, 1.807) is 12.1 Å². The number of aromatic nitrogens is 1. The molecule has 0 aliphatic heterocycles. The zero-order valence-corrected chi connectivity index (χ0v) is 18.6. The van der Waals surface area contributed by atoms with Crippen molar-refractivity contribution in [2.45, 2.75) is 26.3 Å². The van der Waals surface area contributed by atoms with E-state index in [4.69, 9.17) is 4.42 Å². The van der Waals surface area contributed by atoms with Crippen LogP contribution in [0.1, 0.15) is 27.2 Å². The highest BCUT2D eigenvalue weighted by Crippen LogP contribution is 2.28. The molecule has 2 N–H and O–H groups in total. The van der Waals surface area contributed by atoms with Crippen molar-refractivity contribution < 1.29 is 14.0 Å². The minimum atomic E-state index is -0.788. The first-order valence-corrected chi connectivity index (χ1v) is 11.1. The molecule has 2 amide bonds. The quantitative estimate of drug-likeness (QED) is 0.419. The fourth-order valence-electron chi connectivity index (χ4n) is 3.44. The molecule has 6 nitrogen and oxygen atoms in total. The van der Waals surface area contributed by atoms with Gasteiger partial charge in [-0.25, -0.2) is 4.98 Å². The van der Waals surface area contributed by atoms with E-state index >= 15 is 0 Å². The van der Waals surface area contributed by atoms with Crippen molar-refractivity contribution in [1.29, 1.82) is 0 Å². The number of aryl methyl sites for hydroxylation is 2. The topological polar surface area (TPSA) is 84.2 Å². The Balaban J connectivity index is 1.51. The number of hydrogen-bond donors (Lipinski definition) is 2. The monoisotopic (exact) mass is 445 g/mol. The van der Waals surface area contributed by atoms with Gasteiger partial charge in [-0.3, -0.25) is 9.59 Å². The van der Waals surface area contributed by atoms with Crippen LogP contribution in [0.4, 0.5) is 5.13 Å². The molecule has 0 bridgehead atoms. The van der Waals surface area contributed by atoms with Crippen LogP contribution in [0, 0.1) is 13.8 Å². The molecule has 0 saturated carbocycles. The molecule has 1 atom stereocenters. The van der Waals surface area contributed by atoms with Crippen molar-refractivity contribution in [3.8, 4) is 11.3 Å². The fraction of sp³-hybridized carbons (Fsp3) is 0.160. The van der Waals surface area contributed by atoms with Crippen LogP contribution in [0.3, 0.4) is 0 Å². The largest absolute Gasteiger partial charge is 0.459 e. The number of benzene rings is 2. The van der Waals surface area contributed by atoms with Gasteiger partial charge in [0.05, 0.1) is 12.0 Å². The lowest BCUT2D eigenvalue weighted by atomic mass is 10.0. The molecule has 0 saturated heterocycles. The molecule has 0 radical (unpaired) electrons. The molecule has 162 valence electrons. The van der Waals surface area contributed by atoms with Gasteiger partial charge in [-0.05, 0) is 37.1 Å². The minimum Gasteiger partial charge on any atom is -0.459 e. The van der Waals surface area contributed by atoms with Gasteiger partial charge < -0.3 is 15.1 Å². The molecule has 0 spiro atoms. The minimum absolute atomic E-state index is 0.155. The zero-order chi connectivity index (χ0) is 22.5. The summed E-state index contributed by atoms with van der Waals surface area (Å²) in [5.41, 5.74) is 5.08. The Morgan fingerprint density at radius 3 is 2.59 bits per heavy atom. The normalized spacial score (nSPS) is 11.7. The molecule has 2 aromatic carbocycles. The van der Waals surface area contributed by atoms with Gasteiger partial charge in [0.2, 0.25) is 5.91 Å². The van der Waals surface area contributed by atoms with Gasteiger partial charge in [0.15, 0.2) is 10.9 Å². The first-order chi connectivity index (χ1) is 15.5. The van der Waals surface area contributed by atoms with Gasteiger partial charge in [-0.15, -0.1) is 11.3 Å². The van der Waals surface area contributed by atoms with Crippen LogP contribution in [0.2, 0.25) is 0 Å². The van der Waals surface area contributed by atoms with Crippen molar-refractivity contribution in [2.24, 2.45) is 0 Å². The van der Waals surface area contributed by atoms with Crippen LogP contribution >= 0.6 is 11.3 Å². The summed E-state index contributed by atoms with van der Waals surface area (Å²) in [4.78, 5) is 30.2. The lowest BCUT2D eigenvalue weighted by Gasteiger charge is -2.17. The van der Waals surface area contributed by atoms with Crippen LogP contribution in [-0.2, 0) is 11.2 Å². The number of hydrogen-bond acceptors (Lipinski definition) is 5. The van der Waals surface area contributed by atoms with Gasteiger partial charge in [0.1, 0.15) is 6.04 Å². The third kappa shape index (κ3) is 5.12. The second-order valence-electron chi connectivity index (χ2n) is 7.54. The van der Waals surface area contributed by atoms with Crippen LogP contribution in [0.5, 0.6) is 0 Å². The Bertz CT molecular complexity index is 1220. The van der Waals surface area contributed by atoms with Crippen LogP contribution in [-0.4, -0.2) is 22.8 Å². The number of nitrogens with one attached hydrogen (secondary N) is 2. The molecule has 0 aliphatic rings. The van der Waals surface area contributed by atoms with Gasteiger partial charge in [-0.2, -0.15) is 0 Å². The zero-order valence-electron chi connectivity index (χ0n) is 17.8. The number of carbonyl (C=O) groups is 2. The Morgan fingerprint density at radius 1 is 1.06 bits per heavy atom. The highest BCUT2D eigenvalue weighted by molar-refractivity contribution is 7.14. The molecule has 7 heteroatoms. The molecule has 4 rings (SSSR count). The van der Waals surface area contributed by atoms with E-state index in [-0.39, 0.29) is 11.7 Å². The Labute approximate surface area is 190 Å². The Hall–Kier alpha value is -3.71. The van der Waals surface area contributed by atoms with Gasteiger partial charge >= 0.3 is 0 Å². The standard InChI is InChI=1S/C25H23N3O3S/c1-16-10-11-19(17(2)13-16)21-15-32-25(27-21)28-23(29)20(14-18-7-4-3-5-8-18)26-24(30)22-9-6-12-31-22/h3-13,15,20H,14H2,1-2H3,(H,26,30)(H,27,28,29). The van der Waals surface area contributed by atoms with Crippen LogP contribution < -0.4 is 10.6 Å². The molecule has 0 aliphatic carbocycles. The SMILES string of the molecule is Cc1ccc(-c2csc(NC(=O)C(Cc3ccccc3)NC(=O)c3ccco3)n2)c(C)c1. The van der Waals surface area contributed by atoms with Crippen molar-refractivity contribution in [2.75, 3.05) is 5.32 Å². The predicted molar refractivity (Wildman–Crippen MR) is 126 cm³/mol. The highest BCUT2D eigenvalue weighted by Gasteiger charge is 2.24. The van der Waals surface area contributed by atoms with Crippen molar-refractivity contribution in [1.82, 2.24) is 10.3 Å². The van der Waals surface area contributed by atoms with E-state index in [1.165, 1.54) is 23.2 Å². The summed E-state index contributed by atoms with van der Waals surface area (Å²) in [5.74, 6) is -0.626. The second-order valence-corrected chi connectivity index (χ2v) is 8.40. The highest BCUT2D eigenvalue weighted by atomic mass is 32.1. The van der Waals surface area contributed by atoms with Crippen molar-refractivity contribution >= 4 is 28.3 Å². The molecule has 2 aromatic heterocycles. The first-order valence-electron chi connectivity index (χ1n) is 10.2. The maximum absolute atomic E-state index is 13.1. The first kappa shape index (κ1) is 21.5. The van der Waals surface area contributed by atoms with Gasteiger partial charge in [0, 0.05) is 17.4 Å². The lowest BCUT2D eigenvalue weighted by Crippen LogP contribution is -2.45. The molecule has 0 fully saturated rings. The fourth-order valence-corrected chi connectivity index (χ4v) is 4.16. The third-order valence-corrected chi connectivity index (χ3v) is 5.80. The number of anilines is 1. The van der Waals surface area contributed by atoms with Crippen molar-refractivity contribution in [3.05, 3.63) is 94.8 Å². The number of rotatable bonds is 7. The van der Waals surface area contributed by atoms with E-state index in [2.05, 4.69) is 21.7 Å². The third-order valence-electron chi connectivity index (χ3n) is 5.04. The summed E-state index contributed by atoms with van der Waals surface area (Å²) >= 11 is 1.35. The summed E-state index contributed by atoms with van der Waals surface area (Å²) in [6, 6.07) is 18.1. The lowest BCUT2D eigenvalue weighted by molar-refractivity contribution is -0.118. The van der Waals surface area contributed by atoms with Gasteiger partial charge in [-0.1, -0.05) is 54.1 Å². The smallest absolute Gasteiger partial charge is 0.287 e. The molecule has 2 heterocycles. The molecular formula is C25H23N3O3S. The average Bonchev–Trinajstić information content (AvgIpc) is 3.46. The second kappa shape index (κ2) is 9.62. The molecule has 4 aromatic rings. The molecular weight excluding hydrogens is 422 g/mol. The predicted octanol–water partition coefficient (Wildman–Crippen LogP) is 5.00. The molecule has 32 heavy (non-hydrogen) atoms. The van der Waals surface area contributed by atoms with Crippen LogP contribution in [0.25, 0.3) is 11.3 Å². The summed E-state index contributed by atoms with van der Waals surface area (Å²) in [6.07, 6.45) is 1.76. The number of furan rings is 1. The van der Waals surface area contributed by atoms with Crippen LogP contribution in [0.15, 0.2) is 76.7 Å². The van der Waals surface area contributed by atoms with E-state index in [9.17, 15) is 9.59 Å². The van der Waals surface area contributed by atoms with E-state index < -0.39 is 11.9 Å². The summed E-state index contributed by atoms with van der Waals surface area (Å²) in [6.45, 7) is 4.09. The Kier molecular flexibility index (Phi) is 6.47. The number of amides is 2. The summed E-state index contributed by atoms with van der Waals surface area (Å²) in [5, 5.41) is 8.03. The maximum Gasteiger partial charge on any atom is 0.287 e. The Morgan fingerprint density at radius 2 is 1.88 bits per heavy atom. The number of carbonyl (C=O) groups excluding carboxylic acids is 2. The maximum atomic E-state index is 13.1. The van der Waals surface area contributed by atoms with E-state index in [0.717, 1.165) is 22.4 Å². The number of thiazole rings is 1. The van der Waals surface area contributed by atoms with E-state index in [1.807, 2.05) is 61.7 Å². The average molecular weight is 446 g/mol. The number of nitrogens with zero attached hydrogens (tertiary/aromatic N) is 1. The summed E-state index contributed by atoms with van der Waals surface area (Å²) in [7, 11) is 0. The molecule has 1 unspecified atom stereocenters. The van der Waals surface area contributed by atoms with E-state index in [0.29, 0.717) is 11.6 Å².